The first kappa shape index (κ1) is 50.8. The fourth-order valence-electron chi connectivity index (χ4n) is 9.85. The first-order chi connectivity index (χ1) is 34.9. The van der Waals surface area contributed by atoms with Gasteiger partial charge in [-0.3, -0.25) is 5.32 Å². The highest BCUT2D eigenvalue weighted by molar-refractivity contribution is 6.32. The molecule has 0 saturated carbocycles. The first-order valence-electron chi connectivity index (χ1n) is 22.3. The Morgan fingerprint density at radius 3 is 1.15 bits per heavy atom. The molecule has 16 nitrogen and oxygen atoms in total. The maximum Gasteiger partial charge on any atom is 0.205 e. The summed E-state index contributed by atoms with van der Waals surface area (Å²) in [6, 6.07) is 29.1. The van der Waals surface area contributed by atoms with Gasteiger partial charge in [-0.05, 0) is 77.4 Å². The molecule has 18 heteroatoms. The molecule has 1 aromatic heterocycles. The quantitative estimate of drug-likeness (QED) is 0.0789. The lowest BCUT2D eigenvalue weighted by molar-refractivity contribution is 0.312. The highest BCUT2D eigenvalue weighted by Crippen LogP contribution is 2.63. The predicted octanol–water partition coefficient (Wildman–Crippen LogP) is 10.5. The number of nitrogens with one attached hydrogen (secondary N) is 2. The zero-order valence-corrected chi connectivity index (χ0v) is 43.5. The Morgan fingerprint density at radius 1 is 0.458 bits per heavy atom. The number of H-pyrrole nitrogens is 1. The molecule has 2 heterocycles. The van der Waals surface area contributed by atoms with E-state index in [9.17, 15) is 0 Å². The van der Waals surface area contributed by atoms with Crippen LogP contribution in [0.3, 0.4) is 0 Å². The van der Waals surface area contributed by atoms with Crippen LogP contribution in [-0.4, -0.2) is 95.3 Å². The van der Waals surface area contributed by atoms with E-state index in [-0.39, 0.29) is 0 Å². The monoisotopic (exact) mass is 1020 g/mol. The summed E-state index contributed by atoms with van der Waals surface area (Å²) in [6.07, 6.45) is 1.73. The van der Waals surface area contributed by atoms with Gasteiger partial charge in [-0.25, -0.2) is 4.98 Å². The number of benzene rings is 6. The molecular weight excluding hydrogens is 968 g/mol. The maximum atomic E-state index is 7.58. The molecule has 1 unspecified atom stereocenters. The van der Waals surface area contributed by atoms with Crippen molar-refractivity contribution >= 4 is 29.2 Å². The van der Waals surface area contributed by atoms with E-state index in [4.69, 9.17) is 85.0 Å². The molecule has 1 aliphatic rings. The molecule has 1 saturated heterocycles. The van der Waals surface area contributed by atoms with Crippen molar-refractivity contribution in [1.29, 1.82) is 0 Å². The van der Waals surface area contributed by atoms with Gasteiger partial charge >= 0.3 is 0 Å². The summed E-state index contributed by atoms with van der Waals surface area (Å²) in [6.45, 7) is 0. The third-order valence-corrected chi connectivity index (χ3v) is 13.6. The van der Waals surface area contributed by atoms with Gasteiger partial charge in [0, 0.05) is 26.7 Å². The minimum absolute atomic E-state index is 0.339. The molecule has 378 valence electrons. The Kier molecular flexibility index (Phi) is 14.9. The largest absolute Gasteiger partial charge is 0.493 e. The van der Waals surface area contributed by atoms with Crippen molar-refractivity contribution in [3.05, 3.63) is 141 Å². The van der Waals surface area contributed by atoms with Crippen LogP contribution in [0.1, 0.15) is 33.9 Å². The van der Waals surface area contributed by atoms with Gasteiger partial charge in [0.15, 0.2) is 51.7 Å². The fraction of sp³-hybridized carbons (Fsp3) is 0.278. The van der Waals surface area contributed by atoms with Crippen LogP contribution in [0, 0.1) is 0 Å². The average Bonchev–Trinajstić information content (AvgIpc) is 4.04. The number of aromatic nitrogens is 2. The Hall–Kier alpha value is -7.53. The van der Waals surface area contributed by atoms with Gasteiger partial charge in [-0.15, -0.1) is 0 Å². The molecule has 72 heavy (non-hydrogen) atoms. The number of hydrogen-bond donors (Lipinski definition) is 2. The van der Waals surface area contributed by atoms with Crippen LogP contribution in [-0.2, 0) is 11.2 Å². The van der Waals surface area contributed by atoms with Crippen molar-refractivity contribution in [3.63, 3.8) is 0 Å². The van der Waals surface area contributed by atoms with Crippen LogP contribution in [0.5, 0.6) is 69.0 Å². The molecule has 8 rings (SSSR count). The van der Waals surface area contributed by atoms with E-state index in [0.717, 1.165) is 0 Å². The van der Waals surface area contributed by atoms with E-state index in [0.29, 0.717) is 124 Å². The minimum atomic E-state index is -1.60. The molecule has 0 bridgehead atoms. The number of nitrogens with zero attached hydrogens (tertiary/aromatic N) is 2. The molecule has 0 radical (unpaired) electrons. The van der Waals surface area contributed by atoms with Gasteiger partial charge in [0.05, 0.1) is 109 Å². The van der Waals surface area contributed by atoms with E-state index in [1.807, 2.05) is 97.1 Å². The second kappa shape index (κ2) is 21.1. The van der Waals surface area contributed by atoms with Crippen LogP contribution >= 0.6 is 23.2 Å². The van der Waals surface area contributed by atoms with Gasteiger partial charge < -0.3 is 66.7 Å². The lowest BCUT2D eigenvalue weighted by Crippen LogP contribution is -2.53. The van der Waals surface area contributed by atoms with Crippen molar-refractivity contribution in [2.24, 2.45) is 0 Å². The standard InChI is InChI=1S/C54H56Cl2N4O12/c1-61-39-21-30(22-40(62-2)47(39)69-9)38-29-57-52(58-38)60-51(31-23-41(63-3)48(70-10)42(24-31)64-4)53(32-25-43(65-5)49(71-11)44(26-32)66-6,33-27-45(67-7)50(72-12)46(28-33)68-8)59-54(60,34-17-13-15-19-36(34)55)35-18-14-16-20-37(35)56/h13-29,51,59H,1-12H3,(H,57,58). The van der Waals surface area contributed by atoms with E-state index in [1.54, 1.807) is 91.5 Å². The number of imidazole rings is 1. The lowest BCUT2D eigenvalue weighted by Gasteiger charge is -2.42. The van der Waals surface area contributed by atoms with Gasteiger partial charge in [0.2, 0.25) is 28.9 Å². The number of ether oxygens (including phenoxy) is 12. The van der Waals surface area contributed by atoms with Crippen LogP contribution < -0.4 is 67.1 Å². The van der Waals surface area contributed by atoms with Gasteiger partial charge in [0.1, 0.15) is 0 Å². The normalized spacial score (nSPS) is 14.5. The minimum Gasteiger partial charge on any atom is -0.493 e. The van der Waals surface area contributed by atoms with Crippen LogP contribution in [0.2, 0.25) is 10.0 Å². The van der Waals surface area contributed by atoms with Crippen molar-refractivity contribution < 1.29 is 56.8 Å². The van der Waals surface area contributed by atoms with Crippen LogP contribution in [0.25, 0.3) is 11.3 Å². The van der Waals surface area contributed by atoms with Crippen molar-refractivity contribution in [1.82, 2.24) is 15.3 Å². The number of methoxy groups -OCH3 is 12. The summed E-state index contributed by atoms with van der Waals surface area (Å²) in [4.78, 5) is 11.1. The number of anilines is 1. The lowest BCUT2D eigenvalue weighted by atomic mass is 9.74. The maximum absolute atomic E-state index is 7.58. The highest BCUT2D eigenvalue weighted by atomic mass is 35.5. The van der Waals surface area contributed by atoms with Gasteiger partial charge in [0.25, 0.3) is 0 Å². The number of hydrogen-bond acceptors (Lipinski definition) is 15. The molecule has 1 atom stereocenters. The number of aromatic amines is 1. The zero-order valence-electron chi connectivity index (χ0n) is 41.9. The summed E-state index contributed by atoms with van der Waals surface area (Å²) in [5.74, 6) is 4.84. The van der Waals surface area contributed by atoms with E-state index in [1.165, 1.54) is 0 Å². The molecule has 2 N–H and O–H groups in total. The van der Waals surface area contributed by atoms with Crippen LogP contribution in [0.4, 0.5) is 5.95 Å². The topological polar surface area (TPSA) is 155 Å². The third-order valence-electron chi connectivity index (χ3n) is 12.9. The van der Waals surface area contributed by atoms with E-state index >= 15 is 0 Å². The molecule has 0 amide bonds. The SMILES string of the molecule is COc1cc(-c2cnc(N3C(c4cc(OC)c(OC)c(OC)c4)C(c4cc(OC)c(OC)c(OC)c4)(c4cc(OC)c(OC)c(OC)c4)NC3(c3ccccc3Cl)c3ccccc3Cl)[nH]2)cc(OC)c1OC. The van der Waals surface area contributed by atoms with Gasteiger partial charge in [-0.2, -0.15) is 0 Å². The van der Waals surface area contributed by atoms with Crippen molar-refractivity contribution in [2.45, 2.75) is 17.2 Å². The highest BCUT2D eigenvalue weighted by Gasteiger charge is 2.65. The van der Waals surface area contributed by atoms with Gasteiger partial charge in [-0.1, -0.05) is 59.6 Å². The molecule has 0 spiro atoms. The number of rotatable bonds is 19. The summed E-state index contributed by atoms with van der Waals surface area (Å²) >= 11 is 15.2. The predicted molar refractivity (Wildman–Crippen MR) is 275 cm³/mol. The van der Waals surface area contributed by atoms with E-state index < -0.39 is 17.2 Å². The Labute approximate surface area is 428 Å². The molecule has 0 aliphatic carbocycles. The summed E-state index contributed by atoms with van der Waals surface area (Å²) in [5, 5.41) is 5.05. The zero-order chi connectivity index (χ0) is 51.5. The molecular formula is C54H56Cl2N4O12. The summed E-state index contributed by atoms with van der Waals surface area (Å²) in [7, 11) is 18.7. The Balaban J connectivity index is 1.66. The molecule has 1 aliphatic heterocycles. The second-order valence-corrected chi connectivity index (χ2v) is 17.0. The third kappa shape index (κ3) is 8.22. The molecule has 7 aromatic rings. The van der Waals surface area contributed by atoms with E-state index in [2.05, 4.69) is 15.2 Å². The summed E-state index contributed by atoms with van der Waals surface area (Å²) < 4.78 is 72.0. The average molecular weight is 1020 g/mol. The van der Waals surface area contributed by atoms with Crippen molar-refractivity contribution in [3.8, 4) is 80.3 Å². The van der Waals surface area contributed by atoms with Crippen LogP contribution in [0.15, 0.2) is 103 Å². The summed E-state index contributed by atoms with van der Waals surface area (Å²) in [5.41, 5.74) is 1.05. The second-order valence-electron chi connectivity index (χ2n) is 16.2. The molecule has 1 fully saturated rings. The Bertz CT molecular complexity index is 2880. The first-order valence-corrected chi connectivity index (χ1v) is 23.1. The molecule has 6 aromatic carbocycles. The Morgan fingerprint density at radius 2 is 0.806 bits per heavy atom. The smallest absolute Gasteiger partial charge is 0.205 e. The fourth-order valence-corrected chi connectivity index (χ4v) is 10.4. The number of halogens is 2. The van der Waals surface area contributed by atoms with Crippen molar-refractivity contribution in [2.75, 3.05) is 90.2 Å².